The van der Waals surface area contributed by atoms with E-state index < -0.39 is 17.1 Å². The molecule has 0 spiro atoms. The average molecular weight is 424 g/mol. The maximum atomic E-state index is 12.9. The molecule has 3 unspecified atom stereocenters. The highest BCUT2D eigenvalue weighted by Gasteiger charge is 2.23. The SMILES string of the molecule is O=c1n(CCCCC2CO2)c(=O)n(CCCC2CCO2)c(=O)n1CCCCC1CO1. The lowest BCUT2D eigenvalue weighted by Gasteiger charge is -2.26. The quantitative estimate of drug-likeness (QED) is 0.325. The van der Waals surface area contributed by atoms with Crippen LogP contribution in [-0.2, 0) is 33.8 Å². The zero-order valence-electron chi connectivity index (χ0n) is 17.6. The van der Waals surface area contributed by atoms with Crippen LogP contribution in [0.25, 0.3) is 0 Å². The first kappa shape index (κ1) is 21.5. The molecular formula is C21H33N3O6. The van der Waals surface area contributed by atoms with Crippen LogP contribution in [0.2, 0.25) is 0 Å². The van der Waals surface area contributed by atoms with Crippen molar-refractivity contribution in [1.29, 1.82) is 0 Å². The summed E-state index contributed by atoms with van der Waals surface area (Å²) in [6, 6.07) is 0. The Bertz CT molecular complexity index is 818. The van der Waals surface area contributed by atoms with Gasteiger partial charge in [-0.2, -0.15) is 0 Å². The minimum atomic E-state index is -0.482. The Labute approximate surface area is 175 Å². The van der Waals surface area contributed by atoms with Crippen molar-refractivity contribution < 1.29 is 14.2 Å². The third-order valence-electron chi connectivity index (χ3n) is 6.21. The molecule has 3 saturated heterocycles. The molecule has 1 aromatic heterocycles. The highest BCUT2D eigenvalue weighted by Crippen LogP contribution is 2.18. The lowest BCUT2D eigenvalue weighted by Crippen LogP contribution is -2.54. The van der Waals surface area contributed by atoms with Gasteiger partial charge in [-0.15, -0.1) is 0 Å². The molecule has 3 aliphatic rings. The number of rotatable bonds is 14. The van der Waals surface area contributed by atoms with Crippen molar-refractivity contribution in [1.82, 2.24) is 13.7 Å². The van der Waals surface area contributed by atoms with Gasteiger partial charge >= 0.3 is 17.1 Å². The predicted molar refractivity (Wildman–Crippen MR) is 110 cm³/mol. The third-order valence-corrected chi connectivity index (χ3v) is 6.21. The molecule has 168 valence electrons. The lowest BCUT2D eigenvalue weighted by molar-refractivity contribution is -0.0558. The Morgan fingerprint density at radius 2 is 1.00 bits per heavy atom. The van der Waals surface area contributed by atoms with Gasteiger partial charge in [0.1, 0.15) is 0 Å². The molecule has 3 atom stereocenters. The fraction of sp³-hybridized carbons (Fsp3) is 0.857. The van der Waals surface area contributed by atoms with Crippen molar-refractivity contribution >= 4 is 0 Å². The van der Waals surface area contributed by atoms with Gasteiger partial charge in [-0.3, -0.25) is 0 Å². The van der Waals surface area contributed by atoms with Crippen LogP contribution >= 0.6 is 0 Å². The average Bonchev–Trinajstić information content (AvgIpc) is 3.59. The second kappa shape index (κ2) is 10.1. The molecule has 1 aromatic rings. The molecule has 0 N–H and O–H groups in total. The van der Waals surface area contributed by atoms with Gasteiger partial charge in [0.15, 0.2) is 0 Å². The van der Waals surface area contributed by atoms with E-state index in [9.17, 15) is 14.4 Å². The Kier molecular flexibility index (Phi) is 7.22. The first-order chi connectivity index (χ1) is 14.6. The van der Waals surface area contributed by atoms with Crippen LogP contribution in [0.3, 0.4) is 0 Å². The molecule has 9 heteroatoms. The maximum Gasteiger partial charge on any atom is 0.336 e. The Morgan fingerprint density at radius 1 is 0.600 bits per heavy atom. The van der Waals surface area contributed by atoms with Gasteiger partial charge in [-0.05, 0) is 57.8 Å². The fourth-order valence-electron chi connectivity index (χ4n) is 4.00. The zero-order valence-corrected chi connectivity index (χ0v) is 17.6. The normalized spacial score (nSPS) is 24.6. The number of aromatic nitrogens is 3. The molecule has 9 nitrogen and oxygen atoms in total. The van der Waals surface area contributed by atoms with E-state index in [4.69, 9.17) is 14.2 Å². The Morgan fingerprint density at radius 3 is 1.37 bits per heavy atom. The first-order valence-corrected chi connectivity index (χ1v) is 11.4. The van der Waals surface area contributed by atoms with Gasteiger partial charge in [-0.25, -0.2) is 28.1 Å². The summed E-state index contributed by atoms with van der Waals surface area (Å²) in [5, 5.41) is 0. The van der Waals surface area contributed by atoms with Crippen molar-refractivity contribution in [2.45, 2.75) is 95.7 Å². The standard InChI is InChI=1S/C21H33N3O6/c25-19-22(10-3-1-6-17-14-29-17)20(26)24(12-5-8-16-9-13-28-16)21(27)23(19)11-4-2-7-18-15-30-18/h16-18H,1-15H2. The third kappa shape index (κ3) is 5.70. The van der Waals surface area contributed by atoms with Crippen LogP contribution in [0.1, 0.15) is 57.8 Å². The summed E-state index contributed by atoms with van der Waals surface area (Å²) in [7, 11) is 0. The van der Waals surface area contributed by atoms with Crippen LogP contribution in [0.15, 0.2) is 14.4 Å². The monoisotopic (exact) mass is 423 g/mol. The van der Waals surface area contributed by atoms with Gasteiger partial charge in [0.25, 0.3) is 0 Å². The molecule has 3 aliphatic heterocycles. The van der Waals surface area contributed by atoms with Gasteiger partial charge in [-0.1, -0.05) is 0 Å². The minimum absolute atomic E-state index is 0.239. The van der Waals surface area contributed by atoms with E-state index in [1.165, 1.54) is 13.7 Å². The van der Waals surface area contributed by atoms with Crippen molar-refractivity contribution in [2.75, 3.05) is 19.8 Å². The molecule has 30 heavy (non-hydrogen) atoms. The van der Waals surface area contributed by atoms with Crippen LogP contribution in [0.5, 0.6) is 0 Å². The molecule has 0 radical (unpaired) electrons. The molecule has 4 heterocycles. The summed E-state index contributed by atoms with van der Waals surface area (Å²) in [4.78, 5) is 38.8. The van der Waals surface area contributed by atoms with Crippen molar-refractivity contribution in [3.63, 3.8) is 0 Å². The molecular weight excluding hydrogens is 390 g/mol. The topological polar surface area (TPSA) is 100 Å². The van der Waals surface area contributed by atoms with E-state index in [0.29, 0.717) is 38.3 Å². The summed E-state index contributed by atoms with van der Waals surface area (Å²) < 4.78 is 19.6. The summed E-state index contributed by atoms with van der Waals surface area (Å²) in [5.41, 5.74) is -1.44. The highest BCUT2D eigenvalue weighted by atomic mass is 16.6. The van der Waals surface area contributed by atoms with E-state index in [0.717, 1.165) is 71.2 Å². The number of nitrogens with zero attached hydrogens (tertiary/aromatic N) is 3. The zero-order chi connectivity index (χ0) is 20.9. The Hall–Kier alpha value is -1.71. The van der Waals surface area contributed by atoms with E-state index in [1.807, 2.05) is 0 Å². The van der Waals surface area contributed by atoms with E-state index in [2.05, 4.69) is 0 Å². The van der Waals surface area contributed by atoms with Crippen molar-refractivity contribution in [3.8, 4) is 0 Å². The first-order valence-electron chi connectivity index (χ1n) is 11.4. The largest absolute Gasteiger partial charge is 0.378 e. The maximum absolute atomic E-state index is 12.9. The molecule has 0 aromatic carbocycles. The van der Waals surface area contributed by atoms with Gasteiger partial charge in [0.2, 0.25) is 0 Å². The van der Waals surface area contributed by atoms with Gasteiger partial charge < -0.3 is 14.2 Å². The molecule has 0 bridgehead atoms. The highest BCUT2D eigenvalue weighted by molar-refractivity contribution is 4.80. The summed E-state index contributed by atoms with van der Waals surface area (Å²) in [6.45, 7) is 3.42. The molecule has 0 saturated carbocycles. The predicted octanol–water partition coefficient (Wildman–Crippen LogP) is 0.879. The number of unbranched alkanes of at least 4 members (excludes halogenated alkanes) is 2. The molecule has 3 fully saturated rings. The minimum Gasteiger partial charge on any atom is -0.378 e. The van der Waals surface area contributed by atoms with E-state index in [1.54, 1.807) is 0 Å². The smallest absolute Gasteiger partial charge is 0.336 e. The van der Waals surface area contributed by atoms with Crippen LogP contribution < -0.4 is 17.1 Å². The van der Waals surface area contributed by atoms with Crippen molar-refractivity contribution in [3.05, 3.63) is 31.5 Å². The second-order valence-corrected chi connectivity index (χ2v) is 8.63. The number of hydrogen-bond acceptors (Lipinski definition) is 6. The molecule has 0 amide bonds. The molecule has 4 rings (SSSR count). The van der Waals surface area contributed by atoms with Crippen LogP contribution in [0, 0.1) is 0 Å². The molecule has 0 aliphatic carbocycles. The van der Waals surface area contributed by atoms with Crippen molar-refractivity contribution in [2.24, 2.45) is 0 Å². The van der Waals surface area contributed by atoms with Crippen LogP contribution in [0.4, 0.5) is 0 Å². The van der Waals surface area contributed by atoms with Gasteiger partial charge in [0.05, 0.1) is 31.5 Å². The lowest BCUT2D eigenvalue weighted by atomic mass is 10.1. The number of ether oxygens (including phenoxy) is 3. The second-order valence-electron chi connectivity index (χ2n) is 8.63. The van der Waals surface area contributed by atoms with Crippen LogP contribution in [-0.4, -0.2) is 51.8 Å². The Balaban J connectivity index is 1.45. The fourth-order valence-corrected chi connectivity index (χ4v) is 4.00. The number of hydrogen-bond donors (Lipinski definition) is 0. The number of epoxide rings is 2. The van der Waals surface area contributed by atoms with Gasteiger partial charge in [0, 0.05) is 26.2 Å². The summed E-state index contributed by atoms with van der Waals surface area (Å²) in [5.74, 6) is 0. The van der Waals surface area contributed by atoms with E-state index >= 15 is 0 Å². The summed E-state index contributed by atoms with van der Waals surface area (Å²) >= 11 is 0. The summed E-state index contributed by atoms with van der Waals surface area (Å²) in [6.07, 6.45) is 8.63. The van der Waals surface area contributed by atoms with E-state index in [-0.39, 0.29) is 6.10 Å².